The van der Waals surface area contributed by atoms with Crippen molar-refractivity contribution in [2.45, 2.75) is 13.0 Å². The van der Waals surface area contributed by atoms with Gasteiger partial charge in [0.2, 0.25) is 0 Å². The Balaban J connectivity index is 1.67. The highest BCUT2D eigenvalue weighted by atomic mass is 16.5. The summed E-state index contributed by atoms with van der Waals surface area (Å²) >= 11 is 0. The number of carbonyl (C=O) groups excluding carboxylic acids is 1. The number of rotatable bonds is 6. The van der Waals surface area contributed by atoms with E-state index in [1.54, 1.807) is 6.07 Å². The molecule has 0 fully saturated rings. The van der Waals surface area contributed by atoms with E-state index < -0.39 is 0 Å². The zero-order valence-electron chi connectivity index (χ0n) is 15.3. The van der Waals surface area contributed by atoms with Crippen LogP contribution in [0.1, 0.15) is 27.7 Å². The molecule has 0 saturated heterocycles. The maximum absolute atomic E-state index is 12.4. The third-order valence-corrected chi connectivity index (χ3v) is 4.34. The molecule has 0 bridgehead atoms. The fourth-order valence-electron chi connectivity index (χ4n) is 2.79. The summed E-state index contributed by atoms with van der Waals surface area (Å²) in [6.07, 6.45) is 0. The first-order valence-electron chi connectivity index (χ1n) is 8.58. The first kappa shape index (κ1) is 17.9. The topological polar surface area (TPSA) is 58.4 Å². The highest BCUT2D eigenvalue weighted by Gasteiger charge is 2.18. The molecule has 1 aromatic heterocycles. The zero-order chi connectivity index (χ0) is 18.5. The maximum Gasteiger partial charge on any atom is 0.273 e. The number of hydrogen-bond acceptors (Lipinski definition) is 4. The van der Waals surface area contributed by atoms with Crippen molar-refractivity contribution in [2.75, 3.05) is 20.6 Å². The Bertz CT molecular complexity index is 854. The van der Waals surface area contributed by atoms with Gasteiger partial charge in [-0.25, -0.2) is 0 Å². The lowest BCUT2D eigenvalue weighted by molar-refractivity contribution is 0.0933. The van der Waals surface area contributed by atoms with Crippen LogP contribution in [0, 0.1) is 6.92 Å². The fraction of sp³-hybridized carbons (Fsp3) is 0.238. The summed E-state index contributed by atoms with van der Waals surface area (Å²) in [5, 5.41) is 6.85. The first-order valence-corrected chi connectivity index (χ1v) is 8.58. The van der Waals surface area contributed by atoms with E-state index in [4.69, 9.17) is 4.52 Å². The summed E-state index contributed by atoms with van der Waals surface area (Å²) in [5.41, 5.74) is 3.55. The molecule has 3 aromatic rings. The minimum atomic E-state index is -0.241. The minimum absolute atomic E-state index is 0.0834. The van der Waals surface area contributed by atoms with Crippen LogP contribution in [0.4, 0.5) is 0 Å². The van der Waals surface area contributed by atoms with Gasteiger partial charge in [-0.2, -0.15) is 0 Å². The van der Waals surface area contributed by atoms with Crippen LogP contribution < -0.4 is 5.32 Å². The lowest BCUT2D eigenvalue weighted by atomic mass is 10.0. The van der Waals surface area contributed by atoms with Crippen molar-refractivity contribution in [2.24, 2.45) is 0 Å². The molecule has 0 radical (unpaired) electrons. The van der Waals surface area contributed by atoms with Crippen LogP contribution in [-0.2, 0) is 0 Å². The Hall–Kier alpha value is -2.92. The highest BCUT2D eigenvalue weighted by Crippen LogP contribution is 2.20. The predicted octanol–water partition coefficient (Wildman–Crippen LogP) is 3.68. The SMILES string of the molecule is Cc1ccc([C@@H](CNC(=O)c2cc(-c3ccccc3)on2)N(C)C)cc1. The average Bonchev–Trinajstić information content (AvgIpc) is 3.14. The molecule has 2 aromatic carbocycles. The fourth-order valence-corrected chi connectivity index (χ4v) is 2.79. The summed E-state index contributed by atoms with van der Waals surface area (Å²) in [4.78, 5) is 14.5. The van der Waals surface area contributed by atoms with Crippen LogP contribution in [0.5, 0.6) is 0 Å². The van der Waals surface area contributed by atoms with E-state index in [-0.39, 0.29) is 17.6 Å². The van der Waals surface area contributed by atoms with E-state index in [9.17, 15) is 4.79 Å². The van der Waals surface area contributed by atoms with Gasteiger partial charge in [0.15, 0.2) is 11.5 Å². The maximum atomic E-state index is 12.4. The van der Waals surface area contributed by atoms with Gasteiger partial charge in [-0.1, -0.05) is 65.3 Å². The molecular weight excluding hydrogens is 326 g/mol. The van der Waals surface area contributed by atoms with E-state index in [2.05, 4.69) is 46.6 Å². The molecule has 26 heavy (non-hydrogen) atoms. The number of benzene rings is 2. The lowest BCUT2D eigenvalue weighted by Gasteiger charge is -2.25. The number of nitrogens with zero attached hydrogens (tertiary/aromatic N) is 2. The molecule has 3 rings (SSSR count). The number of aromatic nitrogens is 1. The molecule has 0 aliphatic heterocycles. The highest BCUT2D eigenvalue weighted by molar-refractivity contribution is 5.93. The molecule has 1 heterocycles. The van der Waals surface area contributed by atoms with E-state index in [0.29, 0.717) is 12.3 Å². The molecule has 0 spiro atoms. The second-order valence-electron chi connectivity index (χ2n) is 6.54. The molecule has 0 aliphatic rings. The zero-order valence-corrected chi connectivity index (χ0v) is 15.3. The van der Waals surface area contributed by atoms with Crippen LogP contribution in [0.3, 0.4) is 0 Å². The molecule has 1 N–H and O–H groups in total. The number of carbonyl (C=O) groups is 1. The Labute approximate surface area is 153 Å². The summed E-state index contributed by atoms with van der Waals surface area (Å²) in [5.74, 6) is 0.341. The molecule has 1 atom stereocenters. The minimum Gasteiger partial charge on any atom is -0.355 e. The Morgan fingerprint density at radius 3 is 2.46 bits per heavy atom. The smallest absolute Gasteiger partial charge is 0.273 e. The van der Waals surface area contributed by atoms with Gasteiger partial charge in [-0.05, 0) is 26.6 Å². The Morgan fingerprint density at radius 1 is 1.12 bits per heavy atom. The van der Waals surface area contributed by atoms with Crippen LogP contribution in [0.2, 0.25) is 0 Å². The summed E-state index contributed by atoms with van der Waals surface area (Å²) in [6.45, 7) is 2.55. The van der Waals surface area contributed by atoms with Crippen molar-refractivity contribution in [1.82, 2.24) is 15.4 Å². The van der Waals surface area contributed by atoms with Crippen LogP contribution in [0.15, 0.2) is 65.2 Å². The Morgan fingerprint density at radius 2 is 1.81 bits per heavy atom. The van der Waals surface area contributed by atoms with Gasteiger partial charge in [0.05, 0.1) is 6.04 Å². The van der Waals surface area contributed by atoms with Crippen molar-refractivity contribution in [3.8, 4) is 11.3 Å². The van der Waals surface area contributed by atoms with E-state index in [0.717, 1.165) is 11.1 Å². The molecule has 134 valence electrons. The second kappa shape index (κ2) is 7.97. The van der Waals surface area contributed by atoms with Gasteiger partial charge in [-0.3, -0.25) is 4.79 Å². The predicted molar refractivity (Wildman–Crippen MR) is 102 cm³/mol. The molecule has 5 heteroatoms. The molecular formula is C21H23N3O2. The summed E-state index contributed by atoms with van der Waals surface area (Å²) in [6, 6.07) is 19.7. The number of likely N-dealkylation sites (N-methyl/N-ethyl adjacent to an activating group) is 1. The standard InChI is InChI=1S/C21H23N3O2/c1-15-9-11-16(12-10-15)19(24(2)3)14-22-21(25)18-13-20(26-23-18)17-7-5-4-6-8-17/h4-13,19H,14H2,1-3H3,(H,22,25)/t19-/m1/s1. The lowest BCUT2D eigenvalue weighted by Crippen LogP contribution is -2.34. The quantitative estimate of drug-likeness (QED) is 0.737. The van der Waals surface area contributed by atoms with Crippen molar-refractivity contribution in [3.63, 3.8) is 0 Å². The van der Waals surface area contributed by atoms with Gasteiger partial charge >= 0.3 is 0 Å². The third-order valence-electron chi connectivity index (χ3n) is 4.34. The molecule has 1 amide bonds. The number of nitrogens with one attached hydrogen (secondary N) is 1. The van der Waals surface area contributed by atoms with Gasteiger partial charge in [-0.15, -0.1) is 0 Å². The number of amides is 1. The van der Waals surface area contributed by atoms with Gasteiger partial charge in [0.1, 0.15) is 0 Å². The van der Waals surface area contributed by atoms with Gasteiger partial charge < -0.3 is 14.7 Å². The molecule has 5 nitrogen and oxygen atoms in total. The van der Waals surface area contributed by atoms with Crippen molar-refractivity contribution < 1.29 is 9.32 Å². The normalized spacial score (nSPS) is 12.2. The van der Waals surface area contributed by atoms with Crippen LogP contribution in [-0.4, -0.2) is 36.6 Å². The van der Waals surface area contributed by atoms with Crippen molar-refractivity contribution in [1.29, 1.82) is 0 Å². The van der Waals surface area contributed by atoms with E-state index in [1.807, 2.05) is 44.4 Å². The van der Waals surface area contributed by atoms with Crippen molar-refractivity contribution >= 4 is 5.91 Å². The summed E-state index contributed by atoms with van der Waals surface area (Å²) < 4.78 is 5.30. The van der Waals surface area contributed by atoms with Gasteiger partial charge in [0, 0.05) is 18.2 Å². The molecule has 0 aliphatic carbocycles. The molecule has 0 unspecified atom stereocenters. The number of hydrogen-bond donors (Lipinski definition) is 1. The van der Waals surface area contributed by atoms with Crippen LogP contribution in [0.25, 0.3) is 11.3 Å². The molecule has 0 saturated carbocycles. The second-order valence-corrected chi connectivity index (χ2v) is 6.54. The van der Waals surface area contributed by atoms with E-state index >= 15 is 0 Å². The Kier molecular flexibility index (Phi) is 5.49. The van der Waals surface area contributed by atoms with Crippen LogP contribution >= 0.6 is 0 Å². The third kappa shape index (κ3) is 4.18. The van der Waals surface area contributed by atoms with E-state index in [1.165, 1.54) is 5.56 Å². The number of aryl methyl sites for hydroxylation is 1. The summed E-state index contributed by atoms with van der Waals surface area (Å²) in [7, 11) is 4.00. The largest absolute Gasteiger partial charge is 0.355 e. The van der Waals surface area contributed by atoms with Gasteiger partial charge in [0.25, 0.3) is 5.91 Å². The first-order chi connectivity index (χ1) is 12.5. The van der Waals surface area contributed by atoms with Crippen molar-refractivity contribution in [3.05, 3.63) is 77.5 Å². The average molecular weight is 349 g/mol. The monoisotopic (exact) mass is 349 g/mol.